The molecule has 10 heteroatoms. The SMILES string of the molecule is CCCCC(CC)COC(=O)CC(C(=O)OCC(CC)CCCC)S(=O)(=O)O.[AlH2][C]1=CC=CC1.[H-].[Na+]. The molecule has 3 atom stereocenters. The molecule has 0 aromatic rings. The van der Waals surface area contributed by atoms with Gasteiger partial charge >= 0.3 is 41.5 Å². The van der Waals surface area contributed by atoms with Crippen LogP contribution in [0.15, 0.2) is 22.7 Å². The van der Waals surface area contributed by atoms with Crippen LogP contribution in [-0.4, -0.2) is 59.7 Å². The second-order valence-electron chi connectivity index (χ2n) is 9.00. The minimum absolute atomic E-state index is 0. The maximum atomic E-state index is 12.2. The zero-order chi connectivity index (χ0) is 26.0. The van der Waals surface area contributed by atoms with E-state index in [-0.39, 0.29) is 56.0 Å². The van der Waals surface area contributed by atoms with Crippen molar-refractivity contribution in [1.82, 2.24) is 0 Å². The molecule has 0 aromatic heterocycles. The first-order valence-corrected chi connectivity index (χ1v) is 15.2. The summed E-state index contributed by atoms with van der Waals surface area (Å²) in [6.45, 7) is 8.35. The van der Waals surface area contributed by atoms with Crippen LogP contribution in [0.25, 0.3) is 0 Å². The van der Waals surface area contributed by atoms with Crippen molar-refractivity contribution in [2.45, 2.75) is 97.2 Å². The fraction of sp³-hybridized carbons (Fsp3) is 0.760. The van der Waals surface area contributed by atoms with Gasteiger partial charge in [-0.2, -0.15) is 8.42 Å². The van der Waals surface area contributed by atoms with Crippen LogP contribution in [0.3, 0.4) is 0 Å². The monoisotopic (exact) mass is 540 g/mol. The third-order valence-corrected chi connectivity index (χ3v) is 7.78. The van der Waals surface area contributed by atoms with Gasteiger partial charge in [0.2, 0.25) is 0 Å². The van der Waals surface area contributed by atoms with E-state index in [0.29, 0.717) is 0 Å². The third-order valence-electron chi connectivity index (χ3n) is 5.96. The molecule has 0 spiro atoms. The van der Waals surface area contributed by atoms with Crippen molar-refractivity contribution in [3.05, 3.63) is 22.7 Å². The van der Waals surface area contributed by atoms with E-state index in [9.17, 15) is 22.6 Å². The van der Waals surface area contributed by atoms with Crippen LogP contribution >= 0.6 is 0 Å². The minimum Gasteiger partial charge on any atom is -1.00 e. The Hall–Kier alpha value is -0.138. The molecule has 0 bridgehead atoms. The van der Waals surface area contributed by atoms with Crippen molar-refractivity contribution in [2.24, 2.45) is 11.8 Å². The van der Waals surface area contributed by atoms with E-state index < -0.39 is 33.7 Å². The molecule has 1 rings (SSSR count). The van der Waals surface area contributed by atoms with Crippen molar-refractivity contribution in [3.8, 4) is 0 Å². The van der Waals surface area contributed by atoms with E-state index in [4.69, 9.17) is 9.47 Å². The van der Waals surface area contributed by atoms with Gasteiger partial charge in [0, 0.05) is 0 Å². The van der Waals surface area contributed by atoms with Gasteiger partial charge < -0.3 is 10.9 Å². The molecule has 0 aliphatic heterocycles. The fourth-order valence-corrected chi connectivity index (χ4v) is 4.46. The van der Waals surface area contributed by atoms with Gasteiger partial charge in [-0.05, 0) is 31.1 Å². The number of hydrogen-bond donors (Lipinski definition) is 1. The third kappa shape index (κ3) is 18.7. The summed E-state index contributed by atoms with van der Waals surface area (Å²) in [4.78, 5) is 24.2. The topological polar surface area (TPSA) is 107 Å². The average Bonchev–Trinajstić information content (AvgIpc) is 3.28. The quantitative estimate of drug-likeness (QED) is 0.181. The van der Waals surface area contributed by atoms with Crippen molar-refractivity contribution in [3.63, 3.8) is 0 Å². The summed E-state index contributed by atoms with van der Waals surface area (Å²) in [5.41, 5.74) is 0. The Labute approximate surface area is 244 Å². The second-order valence-corrected chi connectivity index (χ2v) is 11.9. The first kappa shape index (κ1) is 37.0. The summed E-state index contributed by atoms with van der Waals surface area (Å²) < 4.78 is 44.4. The van der Waals surface area contributed by atoms with E-state index in [1.54, 1.807) is 4.44 Å². The normalized spacial score (nSPS) is 15.1. The summed E-state index contributed by atoms with van der Waals surface area (Å²) in [6, 6.07) is 0. The summed E-state index contributed by atoms with van der Waals surface area (Å²) in [5, 5.41) is -1.95. The van der Waals surface area contributed by atoms with E-state index in [1.807, 2.05) is 13.8 Å². The van der Waals surface area contributed by atoms with Crippen LogP contribution in [0.2, 0.25) is 0 Å². The van der Waals surface area contributed by atoms with Gasteiger partial charge in [0.15, 0.2) is 5.25 Å². The van der Waals surface area contributed by atoms with Crippen LogP contribution in [0, 0.1) is 11.8 Å². The summed E-state index contributed by atoms with van der Waals surface area (Å²) >= 11 is 1.25. The molecule has 0 aromatic carbocycles. The number of esters is 2. The second kappa shape index (κ2) is 21.9. The molecule has 0 radical (unpaired) electrons. The Balaban J connectivity index is -0.00000118. The molecular weight excluding hydrogens is 494 g/mol. The van der Waals surface area contributed by atoms with Crippen LogP contribution < -0.4 is 29.6 Å². The predicted molar refractivity (Wildman–Crippen MR) is 140 cm³/mol. The van der Waals surface area contributed by atoms with Crippen LogP contribution in [0.1, 0.15) is 93.3 Å². The van der Waals surface area contributed by atoms with E-state index in [2.05, 4.69) is 32.1 Å². The van der Waals surface area contributed by atoms with E-state index in [0.717, 1.165) is 51.4 Å². The number of rotatable bonds is 16. The number of allylic oxidation sites excluding steroid dienone is 4. The predicted octanol–water partition coefficient (Wildman–Crippen LogP) is 1.73. The van der Waals surface area contributed by atoms with Gasteiger partial charge in [0.05, 0.1) is 19.6 Å². The molecule has 1 aliphatic rings. The Bertz CT molecular complexity index is 760. The number of carbonyl (C=O) groups excluding carboxylic acids is 2. The Kier molecular flexibility index (Phi) is 23.2. The smallest absolute Gasteiger partial charge is 1.00 e. The fourth-order valence-electron chi connectivity index (χ4n) is 3.37. The van der Waals surface area contributed by atoms with Gasteiger partial charge in [-0.3, -0.25) is 14.1 Å². The van der Waals surface area contributed by atoms with Gasteiger partial charge in [-0.25, -0.2) is 0 Å². The molecule has 0 amide bonds. The Morgan fingerprint density at radius 1 is 1.03 bits per heavy atom. The number of hydrogen-bond acceptors (Lipinski definition) is 6. The molecule has 1 aliphatic carbocycles. The average molecular weight is 541 g/mol. The van der Waals surface area contributed by atoms with Crippen molar-refractivity contribution in [1.29, 1.82) is 0 Å². The van der Waals surface area contributed by atoms with Gasteiger partial charge in [0.25, 0.3) is 26.4 Å². The van der Waals surface area contributed by atoms with Gasteiger partial charge in [-0.1, -0.05) is 84.4 Å². The molecule has 0 saturated heterocycles. The molecular formula is C25H46AlNaO7S. The van der Waals surface area contributed by atoms with Crippen LogP contribution in [0.5, 0.6) is 0 Å². The first-order chi connectivity index (χ1) is 16.1. The van der Waals surface area contributed by atoms with E-state index >= 15 is 0 Å². The molecule has 0 fully saturated rings. The standard InChI is InChI=1S/C20H38O7S.C5H5.Al.Na.3H/c1-5-9-11-16(7-3)14-26-19(21)13-18(28(23,24)25)20(22)27-15-17(8-4)12-10-6-2;1-2-4-5-3-1;;;;;/h16-18H,5-15H2,1-4H3,(H,23,24,25);1-3H,4H2;;;;;/q;;;+1;;;-1. The molecule has 198 valence electrons. The number of carbonyl (C=O) groups is 2. The van der Waals surface area contributed by atoms with E-state index in [1.165, 1.54) is 22.7 Å². The van der Waals surface area contributed by atoms with Crippen molar-refractivity contribution >= 4 is 38.3 Å². The molecule has 7 nitrogen and oxygen atoms in total. The van der Waals surface area contributed by atoms with Gasteiger partial charge in [0.1, 0.15) is 0 Å². The molecule has 35 heavy (non-hydrogen) atoms. The minimum atomic E-state index is -4.76. The maximum absolute atomic E-state index is 12.2. The Morgan fingerprint density at radius 3 is 1.89 bits per heavy atom. The van der Waals surface area contributed by atoms with Crippen LogP contribution in [0.4, 0.5) is 0 Å². The number of ether oxygens (including phenoxy) is 2. The first-order valence-electron chi connectivity index (χ1n) is 12.7. The van der Waals surface area contributed by atoms with Crippen LogP contribution in [-0.2, 0) is 29.2 Å². The molecule has 3 unspecified atom stereocenters. The zero-order valence-electron chi connectivity index (χ0n) is 23.8. The largest absolute Gasteiger partial charge is 1.00 e. The summed E-state index contributed by atoms with van der Waals surface area (Å²) in [7, 11) is -4.76. The summed E-state index contributed by atoms with van der Waals surface area (Å²) in [5.74, 6) is -1.61. The molecule has 0 heterocycles. The van der Waals surface area contributed by atoms with Crippen molar-refractivity contribution in [2.75, 3.05) is 13.2 Å². The zero-order valence-corrected chi connectivity index (χ0v) is 27.6. The van der Waals surface area contributed by atoms with Gasteiger partial charge in [-0.15, -0.1) is 4.44 Å². The van der Waals surface area contributed by atoms with Crippen molar-refractivity contribution < 1.29 is 63.0 Å². The summed E-state index contributed by atoms with van der Waals surface area (Å²) in [6.07, 6.45) is 14.5. The molecule has 1 N–H and O–H groups in total. The number of unbranched alkanes of at least 4 members (excludes halogenated alkanes) is 2. The Morgan fingerprint density at radius 2 is 1.54 bits per heavy atom. The maximum Gasteiger partial charge on any atom is 1.00 e. The molecule has 0 saturated carbocycles.